The van der Waals surface area contributed by atoms with E-state index < -0.39 is 27.7 Å². The van der Waals surface area contributed by atoms with E-state index in [1.807, 2.05) is 0 Å². The van der Waals surface area contributed by atoms with E-state index in [4.69, 9.17) is 22.4 Å². The molecule has 0 aliphatic heterocycles. The van der Waals surface area contributed by atoms with Crippen molar-refractivity contribution in [3.05, 3.63) is 34.9 Å². The summed E-state index contributed by atoms with van der Waals surface area (Å²) in [5.74, 6) is 0. The van der Waals surface area contributed by atoms with Gasteiger partial charge in [-0.2, -0.15) is 0 Å². The van der Waals surface area contributed by atoms with Gasteiger partial charge in [0.1, 0.15) is 5.25 Å². The monoisotopic (exact) mass is 263 g/mol. The summed E-state index contributed by atoms with van der Waals surface area (Å²) in [5.41, 5.74) is 6.44. The van der Waals surface area contributed by atoms with Crippen LogP contribution in [0.15, 0.2) is 24.3 Å². The minimum absolute atomic E-state index is 0.497. The Bertz CT molecular complexity index is 444. The zero-order valence-electron chi connectivity index (χ0n) is 8.80. The molecule has 1 aromatic rings. The number of aliphatic hydroxyl groups is 1. The zero-order valence-corrected chi connectivity index (χ0v) is 10.4. The third-order valence-corrected chi connectivity index (χ3v) is 4.18. The molecular weight excluding hydrogens is 250 g/mol. The molecule has 0 bridgehead atoms. The van der Waals surface area contributed by atoms with Crippen LogP contribution >= 0.6 is 11.6 Å². The van der Waals surface area contributed by atoms with E-state index in [0.29, 0.717) is 10.6 Å². The molecule has 0 aliphatic rings. The molecule has 16 heavy (non-hydrogen) atoms. The Hall–Kier alpha value is -0.620. The number of hydrogen-bond donors (Lipinski definition) is 2. The minimum Gasteiger partial charge on any atom is -0.395 e. The van der Waals surface area contributed by atoms with Crippen molar-refractivity contribution >= 4 is 21.4 Å². The summed E-state index contributed by atoms with van der Waals surface area (Å²) in [4.78, 5) is 0. The summed E-state index contributed by atoms with van der Waals surface area (Å²) in [6.07, 6.45) is 1.06. The van der Waals surface area contributed by atoms with Gasteiger partial charge in [0.2, 0.25) is 0 Å². The van der Waals surface area contributed by atoms with Crippen molar-refractivity contribution < 1.29 is 13.5 Å². The van der Waals surface area contributed by atoms with Crippen LogP contribution in [-0.2, 0) is 9.84 Å². The summed E-state index contributed by atoms with van der Waals surface area (Å²) in [6.45, 7) is -0.497. The molecule has 0 aromatic heterocycles. The molecule has 0 fully saturated rings. The molecule has 3 N–H and O–H groups in total. The summed E-state index contributed by atoms with van der Waals surface area (Å²) in [5, 5.41) is 8.62. The summed E-state index contributed by atoms with van der Waals surface area (Å²) < 4.78 is 22.8. The second-order valence-corrected chi connectivity index (χ2v) is 6.33. The largest absolute Gasteiger partial charge is 0.395 e. The predicted octanol–water partition coefficient (Wildman–Crippen LogP) is 0.745. The standard InChI is InChI=1S/C10H14ClNO3S/c1-16(14,15)9(6-13)10(12)7-2-4-8(11)5-3-7/h2-5,9-10,13H,6,12H2,1H3. The molecule has 90 valence electrons. The average molecular weight is 264 g/mol. The van der Waals surface area contributed by atoms with Crippen molar-refractivity contribution in [3.63, 3.8) is 0 Å². The van der Waals surface area contributed by atoms with Gasteiger partial charge in [0.25, 0.3) is 0 Å². The van der Waals surface area contributed by atoms with Crippen LogP contribution < -0.4 is 5.73 Å². The second kappa shape index (κ2) is 5.14. The molecule has 2 unspecified atom stereocenters. The van der Waals surface area contributed by atoms with Crippen LogP contribution in [0.5, 0.6) is 0 Å². The molecule has 0 heterocycles. The van der Waals surface area contributed by atoms with Gasteiger partial charge in [-0.1, -0.05) is 23.7 Å². The Morgan fingerprint density at radius 1 is 1.38 bits per heavy atom. The molecule has 0 saturated carbocycles. The van der Waals surface area contributed by atoms with Crippen LogP contribution in [0.3, 0.4) is 0 Å². The van der Waals surface area contributed by atoms with Gasteiger partial charge >= 0.3 is 0 Å². The molecule has 2 atom stereocenters. The van der Waals surface area contributed by atoms with Gasteiger partial charge in [0.15, 0.2) is 9.84 Å². The highest BCUT2D eigenvalue weighted by atomic mass is 35.5. The lowest BCUT2D eigenvalue weighted by Crippen LogP contribution is -2.36. The number of nitrogens with two attached hydrogens (primary N) is 1. The Labute approximate surface area is 100.0 Å². The Morgan fingerprint density at radius 3 is 2.25 bits per heavy atom. The first-order valence-electron chi connectivity index (χ1n) is 4.67. The van der Waals surface area contributed by atoms with Crippen molar-refractivity contribution in [1.82, 2.24) is 0 Å². The third kappa shape index (κ3) is 3.18. The molecule has 1 rings (SSSR count). The van der Waals surface area contributed by atoms with E-state index in [-0.39, 0.29) is 0 Å². The number of benzene rings is 1. The van der Waals surface area contributed by atoms with Crippen molar-refractivity contribution in [2.24, 2.45) is 5.73 Å². The highest BCUT2D eigenvalue weighted by molar-refractivity contribution is 7.91. The van der Waals surface area contributed by atoms with Gasteiger partial charge in [-0.25, -0.2) is 8.42 Å². The van der Waals surface area contributed by atoms with Crippen LogP contribution in [0.1, 0.15) is 11.6 Å². The Morgan fingerprint density at radius 2 is 1.88 bits per heavy atom. The maximum atomic E-state index is 11.4. The Balaban J connectivity index is 3.00. The fraction of sp³-hybridized carbons (Fsp3) is 0.400. The molecule has 0 amide bonds. The van der Waals surface area contributed by atoms with Gasteiger partial charge in [0.05, 0.1) is 6.61 Å². The molecule has 0 saturated heterocycles. The molecule has 0 spiro atoms. The highest BCUT2D eigenvalue weighted by Crippen LogP contribution is 2.21. The van der Waals surface area contributed by atoms with Crippen molar-refractivity contribution in [2.75, 3.05) is 12.9 Å². The normalized spacial score (nSPS) is 15.8. The van der Waals surface area contributed by atoms with E-state index in [9.17, 15) is 8.42 Å². The fourth-order valence-electron chi connectivity index (χ4n) is 1.41. The molecule has 4 nitrogen and oxygen atoms in total. The summed E-state index contributed by atoms with van der Waals surface area (Å²) >= 11 is 5.71. The van der Waals surface area contributed by atoms with Crippen LogP contribution in [-0.4, -0.2) is 31.6 Å². The van der Waals surface area contributed by atoms with Gasteiger partial charge in [-0.3, -0.25) is 0 Å². The Kier molecular flexibility index (Phi) is 4.32. The zero-order chi connectivity index (χ0) is 12.3. The van der Waals surface area contributed by atoms with Gasteiger partial charge in [0, 0.05) is 17.3 Å². The lowest BCUT2D eigenvalue weighted by Gasteiger charge is -2.20. The van der Waals surface area contributed by atoms with Crippen molar-refractivity contribution in [1.29, 1.82) is 0 Å². The minimum atomic E-state index is -3.38. The first-order chi connectivity index (χ1) is 7.36. The number of aliphatic hydroxyl groups excluding tert-OH is 1. The first kappa shape index (κ1) is 13.4. The quantitative estimate of drug-likeness (QED) is 0.840. The van der Waals surface area contributed by atoms with Crippen LogP contribution in [0.25, 0.3) is 0 Å². The smallest absolute Gasteiger partial charge is 0.154 e. The first-order valence-corrected chi connectivity index (χ1v) is 7.00. The lowest BCUT2D eigenvalue weighted by atomic mass is 10.1. The maximum Gasteiger partial charge on any atom is 0.154 e. The van der Waals surface area contributed by atoms with E-state index in [2.05, 4.69) is 0 Å². The SMILES string of the molecule is CS(=O)(=O)C(CO)C(N)c1ccc(Cl)cc1. The number of sulfone groups is 1. The molecule has 1 aromatic carbocycles. The number of halogens is 1. The maximum absolute atomic E-state index is 11.4. The van der Waals surface area contributed by atoms with Crippen molar-refractivity contribution in [3.8, 4) is 0 Å². The number of rotatable bonds is 4. The molecule has 0 aliphatic carbocycles. The summed E-state index contributed by atoms with van der Waals surface area (Å²) in [7, 11) is -3.38. The predicted molar refractivity (Wildman–Crippen MR) is 64.1 cm³/mol. The molecule has 0 radical (unpaired) electrons. The summed E-state index contributed by atoms with van der Waals surface area (Å²) in [6, 6.07) is 5.82. The van der Waals surface area contributed by atoms with Crippen molar-refractivity contribution in [2.45, 2.75) is 11.3 Å². The van der Waals surface area contributed by atoms with E-state index in [1.165, 1.54) is 0 Å². The van der Waals surface area contributed by atoms with Gasteiger partial charge in [-0.15, -0.1) is 0 Å². The number of hydrogen-bond acceptors (Lipinski definition) is 4. The fourth-order valence-corrected chi connectivity index (χ4v) is 2.50. The molecular formula is C10H14ClNO3S. The van der Waals surface area contributed by atoms with E-state index in [0.717, 1.165) is 6.26 Å². The topological polar surface area (TPSA) is 80.4 Å². The lowest BCUT2D eigenvalue weighted by molar-refractivity contribution is 0.278. The van der Waals surface area contributed by atoms with E-state index in [1.54, 1.807) is 24.3 Å². The second-order valence-electron chi connectivity index (χ2n) is 3.63. The molecule has 6 heteroatoms. The average Bonchev–Trinajstić information content (AvgIpc) is 2.17. The highest BCUT2D eigenvalue weighted by Gasteiger charge is 2.28. The van der Waals surface area contributed by atoms with E-state index >= 15 is 0 Å². The van der Waals surface area contributed by atoms with Crippen LogP contribution in [0.4, 0.5) is 0 Å². The third-order valence-electron chi connectivity index (χ3n) is 2.39. The van der Waals surface area contributed by atoms with Crippen LogP contribution in [0, 0.1) is 0 Å². The van der Waals surface area contributed by atoms with Gasteiger partial charge in [-0.05, 0) is 17.7 Å². The van der Waals surface area contributed by atoms with Gasteiger partial charge < -0.3 is 10.8 Å². The van der Waals surface area contributed by atoms with Crippen LogP contribution in [0.2, 0.25) is 5.02 Å².